The predicted molar refractivity (Wildman–Crippen MR) is 148 cm³/mol. The molecule has 0 saturated carbocycles. The normalized spacial score (nSPS) is 11.3. The fraction of sp³-hybridized carbons (Fsp3) is 0.0968. The SMILES string of the molecule is OCCCc1nc(-c2ccc(F)cc2)c(-c2ccnc3c2cc(-c2ccccc2)n3-c2ccccc2)s1. The Morgan fingerprint density at radius 1 is 0.838 bits per heavy atom. The second-order valence-corrected chi connectivity index (χ2v) is 9.87. The van der Waals surface area contributed by atoms with Crippen molar-refractivity contribution in [2.45, 2.75) is 12.8 Å². The average Bonchev–Trinajstić information content (AvgIpc) is 3.55. The lowest BCUT2D eigenvalue weighted by Crippen LogP contribution is -1.97. The number of thiazole rings is 1. The minimum absolute atomic E-state index is 0.112. The van der Waals surface area contributed by atoms with Gasteiger partial charge in [-0.25, -0.2) is 14.4 Å². The minimum atomic E-state index is -0.278. The third-order valence-corrected chi connectivity index (χ3v) is 7.52. The van der Waals surface area contributed by atoms with Gasteiger partial charge in [0.15, 0.2) is 0 Å². The Kier molecular flexibility index (Phi) is 6.35. The highest BCUT2D eigenvalue weighted by Gasteiger charge is 2.21. The number of benzene rings is 3. The number of hydrogen-bond acceptors (Lipinski definition) is 4. The van der Waals surface area contributed by atoms with Crippen LogP contribution in [0.1, 0.15) is 11.4 Å². The predicted octanol–water partition coefficient (Wildman–Crippen LogP) is 7.55. The molecule has 1 N–H and O–H groups in total. The first-order valence-corrected chi connectivity index (χ1v) is 13.0. The van der Waals surface area contributed by atoms with Gasteiger partial charge in [-0.3, -0.25) is 4.57 Å². The highest BCUT2D eigenvalue weighted by atomic mass is 32.1. The molecular weight excluding hydrogens is 481 g/mol. The molecule has 182 valence electrons. The van der Waals surface area contributed by atoms with Gasteiger partial charge in [-0.15, -0.1) is 11.3 Å². The van der Waals surface area contributed by atoms with Crippen LogP contribution in [0.4, 0.5) is 4.39 Å². The lowest BCUT2D eigenvalue weighted by atomic mass is 10.0. The number of para-hydroxylation sites is 1. The van der Waals surface area contributed by atoms with Crippen LogP contribution in [-0.4, -0.2) is 26.2 Å². The minimum Gasteiger partial charge on any atom is -0.396 e. The van der Waals surface area contributed by atoms with Crippen molar-refractivity contribution in [3.05, 3.63) is 114 Å². The molecule has 0 fully saturated rings. The van der Waals surface area contributed by atoms with Crippen molar-refractivity contribution in [2.24, 2.45) is 0 Å². The van der Waals surface area contributed by atoms with Crippen LogP contribution in [-0.2, 0) is 6.42 Å². The molecule has 6 heteroatoms. The third-order valence-electron chi connectivity index (χ3n) is 6.37. The van der Waals surface area contributed by atoms with E-state index in [4.69, 9.17) is 9.97 Å². The molecular formula is C31H24FN3OS. The largest absolute Gasteiger partial charge is 0.396 e. The molecule has 6 aromatic rings. The van der Waals surface area contributed by atoms with E-state index in [9.17, 15) is 9.50 Å². The van der Waals surface area contributed by atoms with Gasteiger partial charge in [-0.05, 0) is 60.5 Å². The Hall–Kier alpha value is -4.13. The molecule has 0 unspecified atom stereocenters. The highest BCUT2D eigenvalue weighted by molar-refractivity contribution is 7.15. The summed E-state index contributed by atoms with van der Waals surface area (Å²) in [6.45, 7) is 0.112. The first-order valence-electron chi connectivity index (χ1n) is 12.2. The van der Waals surface area contributed by atoms with Crippen LogP contribution in [0.2, 0.25) is 0 Å². The number of aromatic nitrogens is 3. The summed E-state index contributed by atoms with van der Waals surface area (Å²) in [6.07, 6.45) is 3.17. The van der Waals surface area contributed by atoms with Gasteiger partial charge in [0.05, 0.1) is 21.3 Å². The molecule has 4 nitrogen and oxygen atoms in total. The summed E-state index contributed by atoms with van der Waals surface area (Å²) in [5.41, 5.74) is 6.75. The monoisotopic (exact) mass is 505 g/mol. The Bertz CT molecular complexity index is 1660. The number of fused-ring (bicyclic) bond motifs is 1. The second-order valence-electron chi connectivity index (χ2n) is 8.78. The number of aryl methyl sites for hydroxylation is 1. The topological polar surface area (TPSA) is 50.9 Å². The fourth-order valence-electron chi connectivity index (χ4n) is 4.64. The standard InChI is InChI=1S/C31H24FN3OS/c32-23-15-13-22(14-16-23)29-30(37-28(34-29)12-7-19-36)25-17-18-33-31-26(25)20-27(21-8-3-1-4-9-21)35(31)24-10-5-2-6-11-24/h1-6,8-11,13-18,20,36H,7,12,19H2. The molecule has 3 aromatic carbocycles. The maximum absolute atomic E-state index is 13.7. The summed E-state index contributed by atoms with van der Waals surface area (Å²) >= 11 is 1.62. The maximum atomic E-state index is 13.7. The van der Waals surface area contributed by atoms with Gasteiger partial charge in [0.2, 0.25) is 0 Å². The van der Waals surface area contributed by atoms with E-state index in [1.807, 2.05) is 48.7 Å². The smallest absolute Gasteiger partial charge is 0.145 e. The molecule has 0 radical (unpaired) electrons. The van der Waals surface area contributed by atoms with Crippen LogP contribution in [0.25, 0.3) is 49.7 Å². The van der Waals surface area contributed by atoms with Crippen molar-refractivity contribution < 1.29 is 9.50 Å². The van der Waals surface area contributed by atoms with Crippen molar-refractivity contribution in [1.82, 2.24) is 14.5 Å². The number of pyridine rings is 1. The maximum Gasteiger partial charge on any atom is 0.145 e. The zero-order valence-corrected chi connectivity index (χ0v) is 20.8. The number of rotatable bonds is 7. The van der Waals surface area contributed by atoms with E-state index >= 15 is 0 Å². The molecule has 0 amide bonds. The van der Waals surface area contributed by atoms with E-state index in [-0.39, 0.29) is 12.4 Å². The zero-order valence-electron chi connectivity index (χ0n) is 20.0. The van der Waals surface area contributed by atoms with Gasteiger partial charge >= 0.3 is 0 Å². The molecule has 0 spiro atoms. The van der Waals surface area contributed by atoms with Crippen molar-refractivity contribution in [3.8, 4) is 38.6 Å². The van der Waals surface area contributed by atoms with Crippen LogP contribution in [0.5, 0.6) is 0 Å². The Morgan fingerprint density at radius 3 is 2.30 bits per heavy atom. The highest BCUT2D eigenvalue weighted by Crippen LogP contribution is 2.42. The molecule has 0 aliphatic heterocycles. The van der Waals surface area contributed by atoms with Gasteiger partial charge in [0.25, 0.3) is 0 Å². The summed E-state index contributed by atoms with van der Waals surface area (Å²) in [6, 6.07) is 31.3. The van der Waals surface area contributed by atoms with Gasteiger partial charge in [-0.2, -0.15) is 0 Å². The first kappa shape index (κ1) is 23.3. The van der Waals surface area contributed by atoms with Gasteiger partial charge in [0.1, 0.15) is 11.5 Å². The summed E-state index contributed by atoms with van der Waals surface area (Å²) in [5.74, 6) is -0.278. The van der Waals surface area contributed by atoms with E-state index in [2.05, 4.69) is 34.9 Å². The summed E-state index contributed by atoms with van der Waals surface area (Å²) in [7, 11) is 0. The van der Waals surface area contributed by atoms with Crippen LogP contribution < -0.4 is 0 Å². The Balaban J connectivity index is 1.61. The van der Waals surface area contributed by atoms with Crippen molar-refractivity contribution in [1.29, 1.82) is 0 Å². The average molecular weight is 506 g/mol. The van der Waals surface area contributed by atoms with E-state index in [1.54, 1.807) is 23.5 Å². The molecule has 0 atom stereocenters. The molecule has 0 aliphatic rings. The summed E-state index contributed by atoms with van der Waals surface area (Å²) in [5, 5.41) is 11.3. The van der Waals surface area contributed by atoms with Crippen molar-refractivity contribution >= 4 is 22.4 Å². The number of aliphatic hydroxyl groups excluding tert-OH is 1. The van der Waals surface area contributed by atoms with Crippen molar-refractivity contribution in [3.63, 3.8) is 0 Å². The van der Waals surface area contributed by atoms with Crippen LogP contribution in [0.15, 0.2) is 103 Å². The quantitative estimate of drug-likeness (QED) is 0.244. The molecule has 37 heavy (non-hydrogen) atoms. The molecule has 3 heterocycles. The van der Waals surface area contributed by atoms with E-state index in [1.165, 1.54) is 12.1 Å². The number of halogens is 1. The second kappa shape index (κ2) is 10.1. The van der Waals surface area contributed by atoms with Gasteiger partial charge < -0.3 is 5.11 Å². The Labute approximate surface area is 218 Å². The molecule has 3 aromatic heterocycles. The van der Waals surface area contributed by atoms with E-state index in [0.29, 0.717) is 12.8 Å². The van der Waals surface area contributed by atoms with E-state index < -0.39 is 0 Å². The Morgan fingerprint density at radius 2 is 1.57 bits per heavy atom. The molecule has 6 rings (SSSR count). The lowest BCUT2D eigenvalue weighted by Gasteiger charge is -2.11. The van der Waals surface area contributed by atoms with Gasteiger partial charge in [0, 0.05) is 41.4 Å². The summed E-state index contributed by atoms with van der Waals surface area (Å²) in [4.78, 5) is 10.8. The molecule has 0 bridgehead atoms. The number of aliphatic hydroxyl groups is 1. The van der Waals surface area contributed by atoms with Crippen LogP contribution in [0, 0.1) is 5.82 Å². The van der Waals surface area contributed by atoms with Crippen LogP contribution >= 0.6 is 11.3 Å². The van der Waals surface area contributed by atoms with E-state index in [0.717, 1.165) is 54.7 Å². The lowest BCUT2D eigenvalue weighted by molar-refractivity contribution is 0.288. The number of hydrogen-bond donors (Lipinski definition) is 1. The number of nitrogens with zero attached hydrogens (tertiary/aromatic N) is 3. The zero-order chi connectivity index (χ0) is 25.2. The molecule has 0 saturated heterocycles. The van der Waals surface area contributed by atoms with Gasteiger partial charge in [-0.1, -0.05) is 48.5 Å². The summed E-state index contributed by atoms with van der Waals surface area (Å²) < 4.78 is 15.9. The fourth-order valence-corrected chi connectivity index (χ4v) is 5.81. The molecule has 0 aliphatic carbocycles. The van der Waals surface area contributed by atoms with Crippen molar-refractivity contribution in [2.75, 3.05) is 6.61 Å². The third kappa shape index (κ3) is 4.46. The van der Waals surface area contributed by atoms with Crippen LogP contribution in [0.3, 0.4) is 0 Å². The first-order chi connectivity index (χ1) is 18.2.